The van der Waals surface area contributed by atoms with E-state index in [1.54, 1.807) is 41.3 Å². The molecule has 3 aliphatic heterocycles. The predicted molar refractivity (Wildman–Crippen MR) is 134 cm³/mol. The van der Waals surface area contributed by atoms with Crippen molar-refractivity contribution < 1.29 is 28.2 Å². The second kappa shape index (κ2) is 10.3. The molecule has 2 atom stereocenters. The third-order valence-electron chi connectivity index (χ3n) is 6.48. The highest BCUT2D eigenvalue weighted by molar-refractivity contribution is 5.96. The van der Waals surface area contributed by atoms with Gasteiger partial charge in [0, 0.05) is 20.0 Å². The summed E-state index contributed by atoms with van der Waals surface area (Å²) in [4.78, 5) is 39.2. The number of nitrogens with one attached hydrogen (secondary N) is 2. The molecule has 3 aromatic rings. The predicted octanol–water partition coefficient (Wildman–Crippen LogP) is 2.91. The van der Waals surface area contributed by atoms with Crippen LogP contribution in [0, 0.1) is 5.82 Å². The molecule has 190 valence electrons. The van der Waals surface area contributed by atoms with E-state index in [1.165, 1.54) is 19.1 Å². The third-order valence-corrected chi connectivity index (χ3v) is 6.48. The molecule has 0 aromatic heterocycles. The van der Waals surface area contributed by atoms with Gasteiger partial charge in [-0.1, -0.05) is 30.3 Å². The van der Waals surface area contributed by atoms with E-state index in [0.717, 1.165) is 5.56 Å². The lowest BCUT2D eigenvalue weighted by Gasteiger charge is -2.21. The molecular formula is C28H26FN3O5. The summed E-state index contributed by atoms with van der Waals surface area (Å²) in [6.45, 7) is 2.14. The van der Waals surface area contributed by atoms with E-state index in [2.05, 4.69) is 10.6 Å². The summed E-state index contributed by atoms with van der Waals surface area (Å²) >= 11 is 0. The average Bonchev–Trinajstić information content (AvgIpc) is 3.29. The van der Waals surface area contributed by atoms with Gasteiger partial charge in [0.05, 0.1) is 18.2 Å². The molecular weight excluding hydrogens is 477 g/mol. The van der Waals surface area contributed by atoms with Crippen molar-refractivity contribution >= 4 is 17.7 Å². The van der Waals surface area contributed by atoms with Crippen molar-refractivity contribution in [3.63, 3.8) is 0 Å². The van der Waals surface area contributed by atoms with Crippen molar-refractivity contribution in [2.75, 3.05) is 19.7 Å². The number of carbonyl (C=O) groups is 3. The molecule has 3 aromatic carbocycles. The largest absolute Gasteiger partial charge is 0.486 e. The first-order valence-electron chi connectivity index (χ1n) is 12.0. The highest BCUT2D eigenvalue weighted by atomic mass is 19.1. The van der Waals surface area contributed by atoms with E-state index in [0.29, 0.717) is 29.2 Å². The first-order chi connectivity index (χ1) is 17.9. The molecule has 1 fully saturated rings. The van der Waals surface area contributed by atoms with E-state index < -0.39 is 23.9 Å². The number of nitrogens with zero attached hydrogens (tertiary/aromatic N) is 1. The number of hydrogen-bond donors (Lipinski definition) is 2. The van der Waals surface area contributed by atoms with Crippen LogP contribution < -0.4 is 20.1 Å². The van der Waals surface area contributed by atoms with Crippen molar-refractivity contribution in [2.24, 2.45) is 0 Å². The van der Waals surface area contributed by atoms with Gasteiger partial charge in [-0.05, 0) is 53.1 Å². The van der Waals surface area contributed by atoms with Gasteiger partial charge in [-0.3, -0.25) is 14.4 Å². The van der Waals surface area contributed by atoms with Crippen molar-refractivity contribution in [1.29, 1.82) is 0 Å². The molecule has 3 aliphatic rings. The van der Waals surface area contributed by atoms with Crippen LogP contribution in [0.3, 0.4) is 0 Å². The molecule has 3 amide bonds. The van der Waals surface area contributed by atoms with Crippen LogP contribution in [0.5, 0.6) is 11.5 Å². The molecule has 2 N–H and O–H groups in total. The first kappa shape index (κ1) is 24.3. The number of carbonyl (C=O) groups excluding carboxylic acids is 3. The molecule has 6 rings (SSSR count). The monoisotopic (exact) mass is 503 g/mol. The van der Waals surface area contributed by atoms with E-state index >= 15 is 0 Å². The lowest BCUT2D eigenvalue weighted by Crippen LogP contribution is -2.45. The minimum Gasteiger partial charge on any atom is -0.486 e. The average molecular weight is 504 g/mol. The number of amides is 3. The topological polar surface area (TPSA) is 97.0 Å². The molecule has 9 heteroatoms. The maximum absolute atomic E-state index is 14.8. The summed E-state index contributed by atoms with van der Waals surface area (Å²) < 4.78 is 26.5. The molecule has 37 heavy (non-hydrogen) atoms. The van der Waals surface area contributed by atoms with Crippen LogP contribution >= 0.6 is 0 Å². The van der Waals surface area contributed by atoms with Gasteiger partial charge in [0.1, 0.15) is 23.4 Å². The molecule has 0 spiro atoms. The fraction of sp³-hybridized carbons (Fsp3) is 0.250. The summed E-state index contributed by atoms with van der Waals surface area (Å²) in [7, 11) is 0. The van der Waals surface area contributed by atoms with Crippen molar-refractivity contribution in [3.8, 4) is 22.6 Å². The van der Waals surface area contributed by atoms with Gasteiger partial charge in [-0.15, -0.1) is 0 Å². The van der Waals surface area contributed by atoms with Crippen LogP contribution in [0.2, 0.25) is 0 Å². The Kier molecular flexibility index (Phi) is 6.76. The van der Waals surface area contributed by atoms with Gasteiger partial charge in [0.25, 0.3) is 11.8 Å². The Labute approximate surface area is 213 Å². The maximum Gasteiger partial charge on any atom is 0.258 e. The SMILES string of the molecule is CC(=O)N1C[C@@H]2NC(=O)c3cc(ccc3F)-c3cccc(c3)OCC(=O)NCc3ccc(cc3)O[C@H]2C1. The quantitative estimate of drug-likeness (QED) is 0.492. The Hall–Kier alpha value is -4.40. The van der Waals surface area contributed by atoms with Gasteiger partial charge in [0.2, 0.25) is 5.91 Å². The Morgan fingerprint density at radius 3 is 2.54 bits per heavy atom. The second-order valence-electron chi connectivity index (χ2n) is 9.09. The minimum atomic E-state index is -0.665. The summed E-state index contributed by atoms with van der Waals surface area (Å²) in [6.07, 6.45) is -0.524. The third kappa shape index (κ3) is 5.55. The van der Waals surface area contributed by atoms with Gasteiger partial charge >= 0.3 is 0 Å². The molecule has 0 saturated carbocycles. The zero-order valence-electron chi connectivity index (χ0n) is 20.2. The molecule has 6 bridgehead atoms. The number of benzene rings is 3. The van der Waals surface area contributed by atoms with Crippen molar-refractivity contribution in [2.45, 2.75) is 25.6 Å². The molecule has 1 saturated heterocycles. The second-order valence-corrected chi connectivity index (χ2v) is 9.09. The highest BCUT2D eigenvalue weighted by Crippen LogP contribution is 2.27. The molecule has 0 radical (unpaired) electrons. The van der Waals surface area contributed by atoms with Gasteiger partial charge in [-0.2, -0.15) is 0 Å². The van der Waals surface area contributed by atoms with E-state index in [4.69, 9.17) is 9.47 Å². The molecule has 0 aliphatic carbocycles. The van der Waals surface area contributed by atoms with Crippen LogP contribution in [0.4, 0.5) is 4.39 Å². The fourth-order valence-electron chi connectivity index (χ4n) is 4.44. The van der Waals surface area contributed by atoms with Gasteiger partial charge in [-0.25, -0.2) is 4.39 Å². The standard InChI is InChI=1S/C28H26FN3O5/c1-17(33)32-14-25-26(15-32)37-21-8-5-18(6-9-21)13-30-27(34)16-36-22-4-2-3-19(11-22)20-7-10-24(29)23(12-20)28(35)31-25/h2-12,25-26H,13-16H2,1H3,(H,30,34)(H,31,35)/t25-,26-/m0/s1. The number of ether oxygens (including phenoxy) is 2. The van der Waals surface area contributed by atoms with E-state index in [1.807, 2.05) is 18.2 Å². The number of fused-ring (bicyclic) bond motifs is 7. The van der Waals surface area contributed by atoms with Gasteiger partial charge < -0.3 is 25.0 Å². The molecule has 3 heterocycles. The summed E-state index contributed by atoms with van der Waals surface area (Å²) in [5, 5.41) is 5.69. The number of likely N-dealkylation sites (tertiary alicyclic amines) is 1. The van der Waals surface area contributed by atoms with Crippen molar-refractivity contribution in [1.82, 2.24) is 15.5 Å². The highest BCUT2D eigenvalue weighted by Gasteiger charge is 2.37. The Morgan fingerprint density at radius 2 is 1.76 bits per heavy atom. The van der Waals surface area contributed by atoms with Crippen LogP contribution in [-0.4, -0.2) is 54.5 Å². The van der Waals surface area contributed by atoms with E-state index in [-0.39, 0.29) is 37.1 Å². The van der Waals surface area contributed by atoms with E-state index in [9.17, 15) is 18.8 Å². The van der Waals surface area contributed by atoms with Crippen molar-refractivity contribution in [3.05, 3.63) is 83.7 Å². The summed E-state index contributed by atoms with van der Waals surface area (Å²) in [5.41, 5.74) is 2.06. The van der Waals surface area contributed by atoms with Crippen LogP contribution in [0.25, 0.3) is 11.1 Å². The Balaban J connectivity index is 1.50. The lowest BCUT2D eigenvalue weighted by atomic mass is 10.0. The van der Waals surface area contributed by atoms with Gasteiger partial charge in [0.15, 0.2) is 6.61 Å². The lowest BCUT2D eigenvalue weighted by molar-refractivity contribution is -0.128. The maximum atomic E-state index is 14.8. The fourth-order valence-corrected chi connectivity index (χ4v) is 4.44. The zero-order chi connectivity index (χ0) is 25.9. The number of halogens is 1. The Bertz CT molecular complexity index is 1340. The summed E-state index contributed by atoms with van der Waals surface area (Å²) in [6, 6.07) is 17.9. The first-order valence-corrected chi connectivity index (χ1v) is 12.0. The smallest absolute Gasteiger partial charge is 0.258 e. The Morgan fingerprint density at radius 1 is 0.973 bits per heavy atom. The minimum absolute atomic E-state index is 0.123. The molecule has 8 nitrogen and oxygen atoms in total. The molecule has 0 unspecified atom stereocenters. The van der Waals surface area contributed by atoms with Crippen LogP contribution in [0.1, 0.15) is 22.8 Å². The normalized spacial score (nSPS) is 19.7. The van der Waals surface area contributed by atoms with Crippen LogP contribution in [0.15, 0.2) is 66.7 Å². The number of hydrogen-bond acceptors (Lipinski definition) is 5. The number of rotatable bonds is 0. The summed E-state index contributed by atoms with van der Waals surface area (Å²) in [5.74, 6) is -0.665. The van der Waals surface area contributed by atoms with Crippen LogP contribution in [-0.2, 0) is 16.1 Å². The zero-order valence-corrected chi connectivity index (χ0v) is 20.2.